The van der Waals surface area contributed by atoms with Gasteiger partial charge in [-0.05, 0) is 12.5 Å². The van der Waals surface area contributed by atoms with Crippen LogP contribution in [0, 0.1) is 0 Å². The van der Waals surface area contributed by atoms with Crippen LogP contribution in [0.3, 0.4) is 0 Å². The molecule has 0 spiro atoms. The molecule has 0 radical (unpaired) electrons. The van der Waals surface area contributed by atoms with Gasteiger partial charge in [0, 0.05) is 60.9 Å². The van der Waals surface area contributed by atoms with Gasteiger partial charge in [-0.2, -0.15) is 0 Å². The number of hydrogen-bond donors (Lipinski definition) is 1. The zero-order chi connectivity index (χ0) is 33.0. The standard InChI is InChI=1S/C36H66N3O5S2.ClH/c1-3-4-5-6-7-8-9-10-11-12-13-14-15-16-17-18-26-43-30-35(44-36-37-21-19-22-38-36)32-46(41)29-28-42-27-24-39(23-20-25-40)33-45-31-34(39)2;/h19,21-22,31,35,40H,3-18,20,23-30,32-33H2,1-2H3;1H/q+1;/p-1. The van der Waals surface area contributed by atoms with Crippen LogP contribution in [-0.2, 0) is 20.3 Å². The van der Waals surface area contributed by atoms with Crippen LogP contribution in [0.15, 0.2) is 29.6 Å². The number of aliphatic hydroxyl groups excluding tert-OH is 1. The summed E-state index contributed by atoms with van der Waals surface area (Å²) in [5.41, 5.74) is 1.33. The first-order chi connectivity index (χ1) is 22.6. The van der Waals surface area contributed by atoms with Gasteiger partial charge in [0.2, 0.25) is 0 Å². The molecule has 0 bridgehead atoms. The molecular formula is C36H66ClN3O5S2. The molecule has 1 aromatic heterocycles. The van der Waals surface area contributed by atoms with Crippen molar-refractivity contribution in [2.75, 3.05) is 63.5 Å². The predicted molar refractivity (Wildman–Crippen MR) is 193 cm³/mol. The van der Waals surface area contributed by atoms with Gasteiger partial charge in [-0.3, -0.25) is 8.69 Å². The highest BCUT2D eigenvalue weighted by atomic mass is 35.5. The van der Waals surface area contributed by atoms with Crippen LogP contribution < -0.4 is 17.1 Å². The SMILES string of the molecule is CCCCCCCCCCCCCCCCCCOCC(CS(=O)CCOCC[N+]1(CCCO)CSC=C1C)Oc1ncccn1.[Cl-]. The number of hydrogen-bond acceptors (Lipinski definition) is 8. The molecule has 2 rings (SSSR count). The van der Waals surface area contributed by atoms with Gasteiger partial charge in [0.1, 0.15) is 24.2 Å². The quantitative estimate of drug-likeness (QED) is 0.0820. The maximum absolute atomic E-state index is 12.9. The van der Waals surface area contributed by atoms with E-state index in [9.17, 15) is 9.32 Å². The highest BCUT2D eigenvalue weighted by Crippen LogP contribution is 2.31. The minimum absolute atomic E-state index is 0. The van der Waals surface area contributed by atoms with Crippen LogP contribution in [0.4, 0.5) is 0 Å². The summed E-state index contributed by atoms with van der Waals surface area (Å²) in [6.07, 6.45) is 25.3. The molecule has 1 aliphatic rings. The van der Waals surface area contributed by atoms with E-state index in [2.05, 4.69) is 29.2 Å². The lowest BCUT2D eigenvalue weighted by Gasteiger charge is -2.34. The van der Waals surface area contributed by atoms with Crippen molar-refractivity contribution in [1.29, 1.82) is 0 Å². The number of thioether (sulfide) groups is 1. The number of ether oxygens (including phenoxy) is 3. The minimum atomic E-state index is -1.11. The summed E-state index contributed by atoms with van der Waals surface area (Å²) in [5, 5.41) is 11.5. The summed E-state index contributed by atoms with van der Waals surface area (Å²) >= 11 is 1.82. The van der Waals surface area contributed by atoms with Crippen molar-refractivity contribution in [2.24, 2.45) is 0 Å². The summed E-state index contributed by atoms with van der Waals surface area (Å²) < 4.78 is 31.6. The van der Waals surface area contributed by atoms with Gasteiger partial charge in [0.05, 0.1) is 32.1 Å². The zero-order valence-corrected chi connectivity index (χ0v) is 32.0. The molecule has 8 nitrogen and oxygen atoms in total. The van der Waals surface area contributed by atoms with Crippen LogP contribution in [0.5, 0.6) is 6.01 Å². The summed E-state index contributed by atoms with van der Waals surface area (Å²) in [7, 11) is -1.11. The third kappa shape index (κ3) is 21.8. The molecule has 0 saturated heterocycles. The van der Waals surface area contributed by atoms with Crippen LogP contribution in [-0.4, -0.2) is 93.4 Å². The van der Waals surface area contributed by atoms with E-state index in [0.717, 1.165) is 36.3 Å². The van der Waals surface area contributed by atoms with Gasteiger partial charge >= 0.3 is 6.01 Å². The summed E-state index contributed by atoms with van der Waals surface area (Å²) in [5.74, 6) is 1.80. The molecule has 0 fully saturated rings. The van der Waals surface area contributed by atoms with E-state index < -0.39 is 10.8 Å². The van der Waals surface area contributed by atoms with Crippen LogP contribution in [0.2, 0.25) is 0 Å². The first-order valence-electron chi connectivity index (χ1n) is 18.3. The number of unbranched alkanes of at least 4 members (excludes halogenated alkanes) is 15. The van der Waals surface area contributed by atoms with Gasteiger partial charge < -0.3 is 31.7 Å². The topological polar surface area (TPSA) is 90.8 Å². The molecular weight excluding hydrogens is 654 g/mol. The Balaban J connectivity index is 0.0000110. The molecule has 0 aliphatic carbocycles. The fourth-order valence-corrected chi connectivity index (χ4v) is 8.18. The molecule has 0 amide bonds. The second-order valence-electron chi connectivity index (χ2n) is 12.8. The average Bonchev–Trinajstić information content (AvgIpc) is 3.42. The van der Waals surface area contributed by atoms with Crippen molar-refractivity contribution >= 4 is 22.6 Å². The number of nitrogens with zero attached hydrogens (tertiary/aromatic N) is 3. The molecule has 0 aromatic carbocycles. The van der Waals surface area contributed by atoms with E-state index in [1.54, 1.807) is 18.5 Å². The van der Waals surface area contributed by atoms with Gasteiger partial charge in [-0.1, -0.05) is 115 Å². The molecule has 1 aliphatic heterocycles. The lowest BCUT2D eigenvalue weighted by Crippen LogP contribution is -3.00. The molecule has 0 saturated carbocycles. The fourth-order valence-electron chi connectivity index (χ4n) is 5.84. The highest BCUT2D eigenvalue weighted by molar-refractivity contribution is 8.02. The molecule has 1 aromatic rings. The van der Waals surface area contributed by atoms with E-state index in [1.165, 1.54) is 102 Å². The Kier molecular flexibility index (Phi) is 28.4. The molecule has 3 atom stereocenters. The second-order valence-corrected chi connectivity index (χ2v) is 15.2. The van der Waals surface area contributed by atoms with E-state index >= 15 is 0 Å². The Labute approximate surface area is 300 Å². The largest absolute Gasteiger partial charge is 1.00 e. The molecule has 11 heteroatoms. The maximum atomic E-state index is 12.9. The van der Waals surface area contributed by atoms with E-state index in [0.29, 0.717) is 37.9 Å². The molecule has 274 valence electrons. The number of aliphatic hydroxyl groups is 1. The molecule has 47 heavy (non-hydrogen) atoms. The third-order valence-corrected chi connectivity index (χ3v) is 11.3. The highest BCUT2D eigenvalue weighted by Gasteiger charge is 2.33. The normalized spacial score (nSPS) is 17.3. The van der Waals surface area contributed by atoms with Crippen LogP contribution in [0.25, 0.3) is 0 Å². The Hall–Kier alpha value is -0.750. The lowest BCUT2D eigenvalue weighted by atomic mass is 10.0. The molecule has 2 heterocycles. The summed E-state index contributed by atoms with van der Waals surface area (Å²) in [6, 6.07) is 2.04. The number of quaternary nitrogens is 1. The number of allylic oxidation sites excluding steroid dienone is 1. The van der Waals surface area contributed by atoms with Crippen molar-refractivity contribution in [3.63, 3.8) is 0 Å². The van der Waals surface area contributed by atoms with Crippen LogP contribution in [0.1, 0.15) is 123 Å². The predicted octanol–water partition coefficient (Wildman–Crippen LogP) is 5.04. The minimum Gasteiger partial charge on any atom is -1.00 e. The number of halogens is 1. The first kappa shape index (κ1) is 44.3. The van der Waals surface area contributed by atoms with Crippen molar-refractivity contribution in [3.05, 3.63) is 29.6 Å². The second kappa shape index (κ2) is 30.1. The Morgan fingerprint density at radius 3 is 1.98 bits per heavy atom. The van der Waals surface area contributed by atoms with E-state index in [-0.39, 0.29) is 31.1 Å². The Bertz CT molecular complexity index is 918. The van der Waals surface area contributed by atoms with Crippen LogP contribution >= 0.6 is 11.8 Å². The number of aromatic nitrogens is 2. The van der Waals surface area contributed by atoms with Crippen molar-refractivity contribution < 1.29 is 40.4 Å². The van der Waals surface area contributed by atoms with Gasteiger partial charge in [0.15, 0.2) is 0 Å². The van der Waals surface area contributed by atoms with Crippen molar-refractivity contribution in [2.45, 2.75) is 129 Å². The van der Waals surface area contributed by atoms with Crippen molar-refractivity contribution in [1.82, 2.24) is 9.97 Å². The summed E-state index contributed by atoms with van der Waals surface area (Å²) in [6.45, 7) is 8.54. The van der Waals surface area contributed by atoms with Crippen molar-refractivity contribution in [3.8, 4) is 6.01 Å². The monoisotopic (exact) mass is 719 g/mol. The lowest BCUT2D eigenvalue weighted by molar-refractivity contribution is -0.878. The average molecular weight is 721 g/mol. The third-order valence-electron chi connectivity index (χ3n) is 8.82. The van der Waals surface area contributed by atoms with Gasteiger partial charge in [-0.25, -0.2) is 9.97 Å². The van der Waals surface area contributed by atoms with E-state index in [4.69, 9.17) is 14.2 Å². The Morgan fingerprint density at radius 1 is 0.830 bits per heavy atom. The Morgan fingerprint density at radius 2 is 1.43 bits per heavy atom. The molecule has 1 N–H and O–H groups in total. The fraction of sp³-hybridized carbons (Fsp3) is 0.833. The number of rotatable bonds is 32. The van der Waals surface area contributed by atoms with Gasteiger partial charge in [0.25, 0.3) is 0 Å². The first-order valence-corrected chi connectivity index (χ1v) is 20.8. The van der Waals surface area contributed by atoms with E-state index in [1.807, 2.05) is 11.8 Å². The molecule has 3 unspecified atom stereocenters. The van der Waals surface area contributed by atoms with Gasteiger partial charge in [-0.15, -0.1) is 0 Å². The summed E-state index contributed by atoms with van der Waals surface area (Å²) in [4.78, 5) is 8.36. The smallest absolute Gasteiger partial charge is 0.316 e. The zero-order valence-electron chi connectivity index (χ0n) is 29.6. The maximum Gasteiger partial charge on any atom is 0.316 e.